The molecule has 3 rings (SSSR count). The Kier molecular flexibility index (Phi) is 8.03. The number of carbonyl (C=O) groups is 2. The molecule has 7 heteroatoms. The summed E-state index contributed by atoms with van der Waals surface area (Å²) in [6, 6.07) is 21.2. The lowest BCUT2D eigenvalue weighted by molar-refractivity contribution is -0.112. The van der Waals surface area contributed by atoms with Gasteiger partial charge in [0.2, 0.25) is 0 Å². The summed E-state index contributed by atoms with van der Waals surface area (Å²) in [4.78, 5) is 24.3. The van der Waals surface area contributed by atoms with Crippen LogP contribution in [0.5, 0.6) is 11.5 Å². The normalized spacial score (nSPS) is 10.7. The number of nitrogens with one attached hydrogen (secondary N) is 1. The highest BCUT2D eigenvalue weighted by atomic mass is 16.5. The summed E-state index contributed by atoms with van der Waals surface area (Å²) in [5, 5.41) is 12.3. The number of rotatable bonds is 8. The van der Waals surface area contributed by atoms with Gasteiger partial charge in [-0.05, 0) is 55.0 Å². The van der Waals surface area contributed by atoms with E-state index in [1.54, 1.807) is 37.4 Å². The largest absolute Gasteiger partial charge is 0.497 e. The number of carbonyl (C=O) groups excluding carboxylic acids is 2. The predicted octanol–water partition coefficient (Wildman–Crippen LogP) is 4.91. The Morgan fingerprint density at radius 3 is 2.32 bits per heavy atom. The van der Waals surface area contributed by atoms with Gasteiger partial charge in [0.15, 0.2) is 0 Å². The number of methoxy groups -OCH3 is 2. The second-order valence-corrected chi connectivity index (χ2v) is 7.37. The molecule has 7 nitrogen and oxygen atoms in total. The molecule has 0 spiro atoms. The molecule has 3 aromatic carbocycles. The van der Waals surface area contributed by atoms with E-state index >= 15 is 0 Å². The molecule has 34 heavy (non-hydrogen) atoms. The van der Waals surface area contributed by atoms with Gasteiger partial charge >= 0.3 is 5.97 Å². The summed E-state index contributed by atoms with van der Waals surface area (Å²) in [5.74, 6) is -0.00519. The number of nitriles is 1. The van der Waals surface area contributed by atoms with E-state index in [9.17, 15) is 14.9 Å². The van der Waals surface area contributed by atoms with Gasteiger partial charge < -0.3 is 19.5 Å². The first-order chi connectivity index (χ1) is 16.4. The van der Waals surface area contributed by atoms with Crippen LogP contribution in [0, 0.1) is 18.3 Å². The van der Waals surface area contributed by atoms with Crippen LogP contribution in [0.2, 0.25) is 0 Å². The first kappa shape index (κ1) is 24.1. The number of hydrogen-bond acceptors (Lipinski definition) is 6. The maximum atomic E-state index is 12.7. The Balaban J connectivity index is 1.80. The Hall–Kier alpha value is -4.57. The molecule has 1 N–H and O–H groups in total. The zero-order chi connectivity index (χ0) is 24.5. The monoisotopic (exact) mass is 456 g/mol. The van der Waals surface area contributed by atoms with E-state index < -0.39 is 11.9 Å². The molecular formula is C27H24N2O5. The third-order valence-corrected chi connectivity index (χ3v) is 4.96. The van der Waals surface area contributed by atoms with E-state index in [4.69, 9.17) is 9.47 Å². The number of esters is 1. The molecule has 0 aromatic heterocycles. The number of nitrogens with zero attached hydrogens (tertiary/aromatic N) is 1. The molecule has 0 atom stereocenters. The maximum Gasteiger partial charge on any atom is 0.337 e. The summed E-state index contributed by atoms with van der Waals surface area (Å²) in [7, 11) is 2.84. The van der Waals surface area contributed by atoms with Crippen molar-refractivity contribution in [2.75, 3.05) is 19.5 Å². The van der Waals surface area contributed by atoms with Crippen LogP contribution < -0.4 is 14.8 Å². The molecule has 3 aromatic rings. The van der Waals surface area contributed by atoms with E-state index in [2.05, 4.69) is 10.1 Å². The van der Waals surface area contributed by atoms with Crippen molar-refractivity contribution in [2.24, 2.45) is 0 Å². The number of aryl methyl sites for hydroxylation is 1. The molecule has 0 heterocycles. The molecule has 0 aliphatic carbocycles. The zero-order valence-electron chi connectivity index (χ0n) is 19.1. The highest BCUT2D eigenvalue weighted by Gasteiger charge is 2.13. The average molecular weight is 456 g/mol. The van der Waals surface area contributed by atoms with Gasteiger partial charge in [0, 0.05) is 17.3 Å². The van der Waals surface area contributed by atoms with Gasteiger partial charge in [-0.25, -0.2) is 4.79 Å². The first-order valence-electron chi connectivity index (χ1n) is 10.4. The molecule has 0 saturated carbocycles. The van der Waals surface area contributed by atoms with Crippen LogP contribution in [0.15, 0.2) is 72.3 Å². The topological polar surface area (TPSA) is 97.7 Å². The Bertz CT molecular complexity index is 1240. The van der Waals surface area contributed by atoms with Crippen molar-refractivity contribution in [3.63, 3.8) is 0 Å². The maximum absolute atomic E-state index is 12.7. The second kappa shape index (κ2) is 11.3. The minimum absolute atomic E-state index is 0.109. The Morgan fingerprint density at radius 2 is 1.71 bits per heavy atom. The van der Waals surface area contributed by atoms with E-state index in [0.29, 0.717) is 34.9 Å². The lowest BCUT2D eigenvalue weighted by Gasteiger charge is -2.12. The summed E-state index contributed by atoms with van der Waals surface area (Å²) in [6.45, 7) is 2.33. The van der Waals surface area contributed by atoms with Crippen LogP contribution in [0.1, 0.15) is 27.0 Å². The molecule has 0 fully saturated rings. The lowest BCUT2D eigenvalue weighted by Crippen LogP contribution is -2.13. The average Bonchev–Trinajstić information content (AvgIpc) is 2.87. The summed E-state index contributed by atoms with van der Waals surface area (Å²) >= 11 is 0. The highest BCUT2D eigenvalue weighted by Crippen LogP contribution is 2.28. The fourth-order valence-corrected chi connectivity index (χ4v) is 3.04. The van der Waals surface area contributed by atoms with Crippen molar-refractivity contribution in [3.8, 4) is 17.6 Å². The van der Waals surface area contributed by atoms with Crippen LogP contribution in [0.3, 0.4) is 0 Å². The molecule has 0 unspecified atom stereocenters. The SMILES string of the molecule is COC(=O)c1ccc(NC(=O)/C(C#N)=C/c2ccc(OC)cc2OCc2ccc(C)cc2)cc1. The summed E-state index contributed by atoms with van der Waals surface area (Å²) in [6.07, 6.45) is 1.46. The third-order valence-electron chi connectivity index (χ3n) is 4.96. The van der Waals surface area contributed by atoms with Crippen molar-refractivity contribution in [1.82, 2.24) is 0 Å². The number of hydrogen-bond donors (Lipinski definition) is 1. The minimum Gasteiger partial charge on any atom is -0.497 e. The van der Waals surface area contributed by atoms with Gasteiger partial charge in [0.1, 0.15) is 29.7 Å². The van der Waals surface area contributed by atoms with Crippen molar-refractivity contribution >= 4 is 23.6 Å². The number of benzene rings is 3. The number of anilines is 1. The summed E-state index contributed by atoms with van der Waals surface area (Å²) in [5.41, 5.74) is 3.37. The van der Waals surface area contributed by atoms with Gasteiger partial charge in [0.25, 0.3) is 5.91 Å². The van der Waals surface area contributed by atoms with Gasteiger partial charge in [-0.15, -0.1) is 0 Å². The first-order valence-corrected chi connectivity index (χ1v) is 10.4. The molecule has 0 bridgehead atoms. The predicted molar refractivity (Wildman–Crippen MR) is 129 cm³/mol. The van der Waals surface area contributed by atoms with Crippen LogP contribution in [0.25, 0.3) is 6.08 Å². The Morgan fingerprint density at radius 1 is 1.00 bits per heavy atom. The fourth-order valence-electron chi connectivity index (χ4n) is 3.04. The second-order valence-electron chi connectivity index (χ2n) is 7.37. The van der Waals surface area contributed by atoms with Crippen molar-refractivity contribution in [1.29, 1.82) is 5.26 Å². The molecule has 172 valence electrons. The van der Waals surface area contributed by atoms with E-state index in [1.165, 1.54) is 25.3 Å². The molecular weight excluding hydrogens is 432 g/mol. The Labute approximate surface area is 198 Å². The lowest BCUT2D eigenvalue weighted by atomic mass is 10.1. The quantitative estimate of drug-likeness (QED) is 0.294. The van der Waals surface area contributed by atoms with Gasteiger partial charge in [-0.2, -0.15) is 5.26 Å². The van der Waals surface area contributed by atoms with Crippen LogP contribution in [-0.2, 0) is 16.1 Å². The van der Waals surface area contributed by atoms with Crippen molar-refractivity contribution < 1.29 is 23.8 Å². The summed E-state index contributed by atoms with van der Waals surface area (Å²) < 4.78 is 15.9. The molecule has 0 saturated heterocycles. The standard InChI is InChI=1S/C27H24N2O5/c1-18-4-6-19(7-5-18)17-34-25-15-24(32-2)13-10-21(25)14-22(16-28)26(30)29-23-11-8-20(9-12-23)27(31)33-3/h4-15H,17H2,1-3H3,(H,29,30)/b22-14+. The van der Waals surface area contributed by atoms with E-state index in [1.807, 2.05) is 37.3 Å². The number of ether oxygens (including phenoxy) is 3. The highest BCUT2D eigenvalue weighted by molar-refractivity contribution is 6.10. The minimum atomic E-state index is -0.589. The van der Waals surface area contributed by atoms with E-state index in [0.717, 1.165) is 11.1 Å². The van der Waals surface area contributed by atoms with Crippen LogP contribution in [-0.4, -0.2) is 26.1 Å². The third kappa shape index (κ3) is 6.24. The van der Waals surface area contributed by atoms with Gasteiger partial charge in [-0.3, -0.25) is 4.79 Å². The van der Waals surface area contributed by atoms with Crippen LogP contribution in [0.4, 0.5) is 5.69 Å². The van der Waals surface area contributed by atoms with Crippen molar-refractivity contribution in [3.05, 3.63) is 94.6 Å². The molecule has 0 aliphatic heterocycles. The smallest absolute Gasteiger partial charge is 0.337 e. The van der Waals surface area contributed by atoms with E-state index in [-0.39, 0.29) is 5.57 Å². The number of amides is 1. The zero-order valence-corrected chi connectivity index (χ0v) is 19.1. The van der Waals surface area contributed by atoms with Gasteiger partial charge in [0.05, 0.1) is 19.8 Å². The van der Waals surface area contributed by atoms with Gasteiger partial charge in [-0.1, -0.05) is 29.8 Å². The molecule has 0 aliphatic rings. The molecule has 0 radical (unpaired) electrons. The fraction of sp³-hybridized carbons (Fsp3) is 0.148. The van der Waals surface area contributed by atoms with Crippen LogP contribution >= 0.6 is 0 Å². The molecule has 1 amide bonds. The van der Waals surface area contributed by atoms with Crippen molar-refractivity contribution in [2.45, 2.75) is 13.5 Å².